The van der Waals surface area contributed by atoms with Crippen LogP contribution in [0.2, 0.25) is 5.02 Å². The normalized spacial score (nSPS) is 27.4. The van der Waals surface area contributed by atoms with Crippen molar-refractivity contribution in [3.05, 3.63) is 88.5 Å². The number of fused-ring (bicyclic) bond motifs is 6. The summed E-state index contributed by atoms with van der Waals surface area (Å²) in [4.78, 5) is 60.9. The number of aryl methyl sites for hydroxylation is 2. The van der Waals surface area contributed by atoms with Gasteiger partial charge in [0.05, 0.1) is 28.0 Å². The molecular formula is C40H35ClN4O5S. The van der Waals surface area contributed by atoms with Crippen molar-refractivity contribution in [2.75, 3.05) is 11.4 Å². The lowest BCUT2D eigenvalue weighted by Crippen LogP contribution is -2.49. The molecule has 2 aliphatic carbocycles. The molecule has 0 spiro atoms. The summed E-state index contributed by atoms with van der Waals surface area (Å²) in [6, 6.07) is 18.6. The predicted molar refractivity (Wildman–Crippen MR) is 196 cm³/mol. The lowest BCUT2D eigenvalue weighted by atomic mass is 9.51. The first kappa shape index (κ1) is 32.1. The third kappa shape index (κ3) is 4.23. The van der Waals surface area contributed by atoms with E-state index in [1.807, 2.05) is 62.4 Å². The van der Waals surface area contributed by atoms with E-state index in [2.05, 4.69) is 6.08 Å². The van der Waals surface area contributed by atoms with E-state index in [0.717, 1.165) is 37.0 Å². The van der Waals surface area contributed by atoms with E-state index in [0.29, 0.717) is 34.9 Å². The summed E-state index contributed by atoms with van der Waals surface area (Å²) < 4.78 is 2.65. The first-order valence-corrected chi connectivity index (χ1v) is 18.5. The number of likely N-dealkylation sites (tertiary alicyclic amines) is 1. The molecule has 4 aliphatic rings. The van der Waals surface area contributed by atoms with Crippen LogP contribution in [0.15, 0.2) is 72.3 Å². The van der Waals surface area contributed by atoms with E-state index in [1.54, 1.807) is 42.1 Å². The van der Waals surface area contributed by atoms with E-state index in [4.69, 9.17) is 16.7 Å². The summed E-state index contributed by atoms with van der Waals surface area (Å²) in [5.74, 6) is -3.40. The Hall–Kier alpha value is -4.80. The minimum atomic E-state index is -1.23. The maximum absolute atomic E-state index is 15.2. The number of amides is 4. The Morgan fingerprint density at radius 2 is 1.73 bits per heavy atom. The molecule has 3 fully saturated rings. The van der Waals surface area contributed by atoms with Gasteiger partial charge in [0.1, 0.15) is 17.3 Å². The molecule has 4 amide bonds. The van der Waals surface area contributed by atoms with Gasteiger partial charge >= 0.3 is 0 Å². The van der Waals surface area contributed by atoms with Crippen molar-refractivity contribution in [3.8, 4) is 16.3 Å². The van der Waals surface area contributed by atoms with E-state index in [-0.39, 0.29) is 35.8 Å². The fourth-order valence-corrected chi connectivity index (χ4v) is 11.0. The number of aromatic hydroxyl groups is 1. The smallest absolute Gasteiger partial charge is 0.242 e. The molecule has 5 aromatic rings. The maximum atomic E-state index is 15.2. The summed E-state index contributed by atoms with van der Waals surface area (Å²) >= 11 is 7.90. The van der Waals surface area contributed by atoms with Crippen molar-refractivity contribution in [3.63, 3.8) is 0 Å². The van der Waals surface area contributed by atoms with Crippen molar-refractivity contribution in [2.24, 2.45) is 36.1 Å². The molecule has 2 aliphatic heterocycles. The summed E-state index contributed by atoms with van der Waals surface area (Å²) in [6.45, 7) is 5.99. The molecule has 3 aromatic carbocycles. The molecule has 258 valence electrons. The zero-order chi connectivity index (χ0) is 35.7. The number of phenols is 1. The summed E-state index contributed by atoms with van der Waals surface area (Å²) in [6.07, 6.45) is 2.72. The van der Waals surface area contributed by atoms with Crippen LogP contribution in [-0.2, 0) is 26.2 Å². The van der Waals surface area contributed by atoms with E-state index < -0.39 is 35.0 Å². The number of carbonyl (C=O) groups is 4. The van der Waals surface area contributed by atoms with Gasteiger partial charge in [0, 0.05) is 40.7 Å². The molecular weight excluding hydrogens is 684 g/mol. The lowest BCUT2D eigenvalue weighted by Gasteiger charge is -2.49. The van der Waals surface area contributed by atoms with Crippen LogP contribution in [0.5, 0.6) is 5.75 Å². The average molecular weight is 719 g/mol. The number of imide groups is 2. The van der Waals surface area contributed by atoms with Crippen LogP contribution in [0, 0.1) is 36.0 Å². The number of rotatable bonds is 4. The Balaban J connectivity index is 1.21. The zero-order valence-corrected chi connectivity index (χ0v) is 30.1. The van der Waals surface area contributed by atoms with Gasteiger partial charge in [-0.15, -0.1) is 11.3 Å². The summed E-state index contributed by atoms with van der Waals surface area (Å²) in [5, 5.41) is 18.8. The molecule has 9 rings (SSSR count). The van der Waals surface area contributed by atoms with Gasteiger partial charge in [-0.05, 0) is 85.7 Å². The number of aromatic nitrogens is 2. The van der Waals surface area contributed by atoms with Gasteiger partial charge in [-0.3, -0.25) is 28.8 Å². The Morgan fingerprint density at radius 3 is 2.49 bits per heavy atom. The van der Waals surface area contributed by atoms with Gasteiger partial charge in [-0.2, -0.15) is 5.10 Å². The van der Waals surface area contributed by atoms with E-state index >= 15 is 4.79 Å². The SMILES string of the molecule is CCN1C(=O)[C@H]2[C@H](CC=C3[C@H]2C[C@H]2C(=O)N(c4cc(-c5sc6ccc(Cl)cc6c5C)nn4C)C(=O)[C@@]2(C)[C@H]3c2ccc(O)c3ccccc23)C1=O. The monoisotopic (exact) mass is 718 g/mol. The van der Waals surface area contributed by atoms with Crippen LogP contribution in [-0.4, -0.2) is 50.0 Å². The molecule has 2 saturated heterocycles. The molecule has 0 unspecified atom stereocenters. The number of phenolic OH excluding ortho intramolecular Hbond substituents is 1. The fourth-order valence-electron chi connectivity index (χ4n) is 9.73. The highest BCUT2D eigenvalue weighted by Gasteiger charge is 2.68. The van der Waals surface area contributed by atoms with E-state index in [9.17, 15) is 19.5 Å². The fraction of sp³-hybridized carbons (Fsp3) is 0.325. The number of anilines is 1. The van der Waals surface area contributed by atoms with Crippen LogP contribution < -0.4 is 4.90 Å². The number of hydrogen-bond acceptors (Lipinski definition) is 7. The number of benzene rings is 3. The highest BCUT2D eigenvalue weighted by atomic mass is 35.5. The predicted octanol–water partition coefficient (Wildman–Crippen LogP) is 7.37. The van der Waals surface area contributed by atoms with Gasteiger partial charge < -0.3 is 5.11 Å². The molecule has 4 heterocycles. The molecule has 51 heavy (non-hydrogen) atoms. The Bertz CT molecular complexity index is 2430. The number of halogens is 1. The molecule has 9 nitrogen and oxygen atoms in total. The third-order valence-electron chi connectivity index (χ3n) is 12.1. The minimum absolute atomic E-state index is 0.118. The number of nitrogens with zero attached hydrogens (tertiary/aromatic N) is 4. The Kier molecular flexibility index (Phi) is 6.99. The van der Waals surface area contributed by atoms with Crippen molar-refractivity contribution >= 4 is 73.2 Å². The highest BCUT2D eigenvalue weighted by molar-refractivity contribution is 7.22. The third-order valence-corrected chi connectivity index (χ3v) is 13.7. The van der Waals surface area contributed by atoms with Crippen molar-refractivity contribution in [1.82, 2.24) is 14.7 Å². The second-order valence-corrected chi connectivity index (χ2v) is 16.0. The number of carbonyl (C=O) groups excluding carboxylic acids is 4. The molecule has 1 saturated carbocycles. The van der Waals surface area contributed by atoms with Gasteiger partial charge in [-0.25, -0.2) is 4.90 Å². The molecule has 0 bridgehead atoms. The second kappa shape index (κ2) is 11.1. The molecule has 1 N–H and O–H groups in total. The maximum Gasteiger partial charge on any atom is 0.242 e. The van der Waals surface area contributed by atoms with Crippen LogP contribution in [0.4, 0.5) is 5.82 Å². The van der Waals surface area contributed by atoms with Crippen LogP contribution >= 0.6 is 22.9 Å². The van der Waals surface area contributed by atoms with Crippen molar-refractivity contribution in [1.29, 1.82) is 0 Å². The molecule has 11 heteroatoms. The van der Waals surface area contributed by atoms with Gasteiger partial charge in [0.25, 0.3) is 0 Å². The first-order valence-electron chi connectivity index (χ1n) is 17.3. The Morgan fingerprint density at radius 1 is 0.961 bits per heavy atom. The average Bonchev–Trinajstić information content (AvgIpc) is 3.79. The minimum Gasteiger partial charge on any atom is -0.507 e. The van der Waals surface area contributed by atoms with Crippen LogP contribution in [0.1, 0.15) is 43.7 Å². The molecule has 2 aromatic heterocycles. The lowest BCUT2D eigenvalue weighted by molar-refractivity contribution is -0.140. The number of hydrogen-bond donors (Lipinski definition) is 1. The standard InChI is InChI=1S/C40H35ClN4O5S/c1-5-44-36(47)25-12-11-24-27(33(25)38(44)49)17-28-37(48)45(32-18-29(42-43(32)4)35-19(2)26-16-20(41)10-15-31(26)51-35)39(50)40(28,3)34(24)23-13-14-30(46)22-9-7-6-8-21(22)23/h6-11,13-16,18,25,27-28,33-34,46H,5,12,17H2,1-4H3/t25-,27+,28-,33-,34-,40+/m0/s1. The van der Waals surface area contributed by atoms with Gasteiger partial charge in [0.15, 0.2) is 0 Å². The van der Waals surface area contributed by atoms with Gasteiger partial charge in [0.2, 0.25) is 23.6 Å². The quantitative estimate of drug-likeness (QED) is 0.153. The zero-order valence-electron chi connectivity index (χ0n) is 28.5. The number of allylic oxidation sites excluding steroid dienone is 2. The van der Waals surface area contributed by atoms with E-state index in [1.165, 1.54) is 9.80 Å². The highest BCUT2D eigenvalue weighted by Crippen LogP contribution is 2.64. The van der Waals surface area contributed by atoms with Crippen molar-refractivity contribution < 1.29 is 24.3 Å². The Labute approximate surface area is 303 Å². The summed E-state index contributed by atoms with van der Waals surface area (Å²) in [7, 11) is 1.74. The summed E-state index contributed by atoms with van der Waals surface area (Å²) in [5.41, 5.74) is 2.17. The largest absolute Gasteiger partial charge is 0.507 e. The molecule has 6 atom stereocenters. The van der Waals surface area contributed by atoms with Gasteiger partial charge in [-0.1, -0.05) is 53.6 Å². The molecule has 0 radical (unpaired) electrons. The second-order valence-electron chi connectivity index (χ2n) is 14.5. The van der Waals surface area contributed by atoms with Crippen LogP contribution in [0.3, 0.4) is 0 Å². The van der Waals surface area contributed by atoms with Crippen molar-refractivity contribution in [2.45, 2.75) is 39.5 Å². The topological polar surface area (TPSA) is 113 Å². The van der Waals surface area contributed by atoms with Crippen LogP contribution in [0.25, 0.3) is 31.4 Å². The number of thiophene rings is 1. The first-order chi connectivity index (χ1) is 24.4.